The van der Waals surface area contributed by atoms with Crippen LogP contribution in [0.3, 0.4) is 0 Å². The Bertz CT molecular complexity index is 578. The number of hydrogen-bond donors (Lipinski definition) is 1. The first kappa shape index (κ1) is 13.5. The third kappa shape index (κ3) is 3.12. The van der Waals surface area contributed by atoms with Gasteiger partial charge in [0.15, 0.2) is 0 Å². The zero-order valence-electron chi connectivity index (χ0n) is 11.4. The maximum Gasteiger partial charge on any atom is 0.130 e. The van der Waals surface area contributed by atoms with Gasteiger partial charge in [0, 0.05) is 24.7 Å². The highest BCUT2D eigenvalue weighted by atomic mass is 19.1. The van der Waals surface area contributed by atoms with Crippen molar-refractivity contribution in [3.05, 3.63) is 47.0 Å². The van der Waals surface area contributed by atoms with Gasteiger partial charge in [0.1, 0.15) is 18.2 Å². The summed E-state index contributed by atoms with van der Waals surface area (Å²) in [4.78, 5) is 0. The Morgan fingerprint density at radius 3 is 2.74 bits per heavy atom. The Morgan fingerprint density at radius 2 is 2.16 bits per heavy atom. The van der Waals surface area contributed by atoms with Crippen LogP contribution in [-0.2, 0) is 13.7 Å². The van der Waals surface area contributed by atoms with Gasteiger partial charge in [-0.15, -0.1) is 0 Å². The predicted molar refractivity (Wildman–Crippen MR) is 71.3 cm³/mol. The number of benzene rings is 1. The van der Waals surface area contributed by atoms with E-state index in [0.717, 1.165) is 17.0 Å². The lowest BCUT2D eigenvalue weighted by Crippen LogP contribution is -2.09. The van der Waals surface area contributed by atoms with Crippen LogP contribution in [-0.4, -0.2) is 9.78 Å². The summed E-state index contributed by atoms with van der Waals surface area (Å²) >= 11 is 0. The summed E-state index contributed by atoms with van der Waals surface area (Å²) in [6.45, 7) is 4.09. The second kappa shape index (κ2) is 5.40. The minimum atomic E-state index is -0.333. The van der Waals surface area contributed by atoms with Crippen molar-refractivity contribution >= 4 is 0 Å². The summed E-state index contributed by atoms with van der Waals surface area (Å²) in [5.41, 5.74) is 8.49. The number of aromatic nitrogens is 2. The van der Waals surface area contributed by atoms with Gasteiger partial charge >= 0.3 is 0 Å². The first-order chi connectivity index (χ1) is 8.97. The van der Waals surface area contributed by atoms with E-state index >= 15 is 0 Å². The zero-order chi connectivity index (χ0) is 14.0. The topological polar surface area (TPSA) is 53.1 Å². The van der Waals surface area contributed by atoms with Crippen LogP contribution in [0.15, 0.2) is 24.3 Å². The zero-order valence-corrected chi connectivity index (χ0v) is 11.4. The number of rotatable bonds is 4. The lowest BCUT2D eigenvalue weighted by atomic mass is 10.1. The standard InChI is InChI=1S/C14H18FN3O/c1-9-6-12(18(3)17-9)8-19-14-7-11(15)4-5-13(14)10(2)16/h4-7,10H,8,16H2,1-3H3/t10-/m1/s1. The van der Waals surface area contributed by atoms with Crippen molar-refractivity contribution in [1.29, 1.82) is 0 Å². The molecule has 0 amide bonds. The van der Waals surface area contributed by atoms with Crippen molar-refractivity contribution < 1.29 is 9.13 Å². The average molecular weight is 263 g/mol. The molecule has 2 aromatic rings. The maximum absolute atomic E-state index is 13.3. The van der Waals surface area contributed by atoms with Crippen LogP contribution in [0, 0.1) is 12.7 Å². The van der Waals surface area contributed by atoms with Gasteiger partial charge in [-0.05, 0) is 26.0 Å². The summed E-state index contributed by atoms with van der Waals surface area (Å²) in [6.07, 6.45) is 0. The predicted octanol–water partition coefficient (Wildman–Crippen LogP) is 2.47. The molecule has 1 heterocycles. The summed E-state index contributed by atoms with van der Waals surface area (Å²) in [5.74, 6) is 0.148. The fraction of sp³-hybridized carbons (Fsp3) is 0.357. The largest absolute Gasteiger partial charge is 0.487 e. The van der Waals surface area contributed by atoms with Crippen LogP contribution in [0.2, 0.25) is 0 Å². The van der Waals surface area contributed by atoms with Gasteiger partial charge < -0.3 is 10.5 Å². The van der Waals surface area contributed by atoms with Crippen molar-refractivity contribution in [1.82, 2.24) is 9.78 Å². The van der Waals surface area contributed by atoms with Gasteiger partial charge in [0.25, 0.3) is 0 Å². The molecule has 0 aliphatic carbocycles. The van der Waals surface area contributed by atoms with Crippen LogP contribution >= 0.6 is 0 Å². The van der Waals surface area contributed by atoms with Crippen molar-refractivity contribution in [2.45, 2.75) is 26.5 Å². The van der Waals surface area contributed by atoms with E-state index in [1.807, 2.05) is 27.0 Å². The van der Waals surface area contributed by atoms with Crippen molar-refractivity contribution in [2.24, 2.45) is 12.8 Å². The highest BCUT2D eigenvalue weighted by Crippen LogP contribution is 2.25. The quantitative estimate of drug-likeness (QED) is 0.922. The second-order valence-electron chi connectivity index (χ2n) is 4.66. The Kier molecular flexibility index (Phi) is 3.85. The maximum atomic E-state index is 13.3. The van der Waals surface area contributed by atoms with E-state index < -0.39 is 0 Å². The third-order valence-corrected chi connectivity index (χ3v) is 2.94. The van der Waals surface area contributed by atoms with E-state index in [0.29, 0.717) is 12.4 Å². The molecular formula is C14H18FN3O. The van der Waals surface area contributed by atoms with Gasteiger partial charge in [0.2, 0.25) is 0 Å². The van der Waals surface area contributed by atoms with Crippen LogP contribution in [0.5, 0.6) is 5.75 Å². The van der Waals surface area contributed by atoms with Gasteiger partial charge in [-0.25, -0.2) is 4.39 Å². The number of nitrogens with two attached hydrogens (primary N) is 1. The molecule has 0 bridgehead atoms. The molecule has 0 aliphatic heterocycles. The minimum absolute atomic E-state index is 0.205. The molecule has 2 N–H and O–H groups in total. The number of aryl methyl sites for hydroxylation is 2. The summed E-state index contributed by atoms with van der Waals surface area (Å²) in [5, 5.41) is 4.24. The molecule has 0 unspecified atom stereocenters. The lowest BCUT2D eigenvalue weighted by molar-refractivity contribution is 0.289. The smallest absolute Gasteiger partial charge is 0.130 e. The number of nitrogens with zero attached hydrogens (tertiary/aromatic N) is 2. The Balaban J connectivity index is 2.19. The lowest BCUT2D eigenvalue weighted by Gasteiger charge is -2.14. The first-order valence-corrected chi connectivity index (χ1v) is 6.14. The SMILES string of the molecule is Cc1cc(COc2cc(F)ccc2[C@@H](C)N)n(C)n1. The van der Waals surface area contributed by atoms with Crippen LogP contribution in [0.1, 0.15) is 29.9 Å². The molecule has 0 aliphatic rings. The third-order valence-electron chi connectivity index (χ3n) is 2.94. The molecule has 19 heavy (non-hydrogen) atoms. The Hall–Kier alpha value is -1.88. The van der Waals surface area contributed by atoms with Crippen molar-refractivity contribution in [2.75, 3.05) is 0 Å². The number of halogens is 1. The molecular weight excluding hydrogens is 245 g/mol. The molecule has 0 spiro atoms. The van der Waals surface area contributed by atoms with Gasteiger partial charge in [0.05, 0.1) is 11.4 Å². The monoisotopic (exact) mass is 263 g/mol. The van der Waals surface area contributed by atoms with E-state index in [9.17, 15) is 4.39 Å². The van der Waals surface area contributed by atoms with E-state index in [1.54, 1.807) is 10.7 Å². The number of ether oxygens (including phenoxy) is 1. The normalized spacial score (nSPS) is 12.5. The van der Waals surface area contributed by atoms with Crippen LogP contribution in [0.25, 0.3) is 0 Å². The van der Waals surface area contributed by atoms with Crippen molar-refractivity contribution in [3.63, 3.8) is 0 Å². The van der Waals surface area contributed by atoms with E-state index in [-0.39, 0.29) is 11.9 Å². The molecule has 1 aromatic carbocycles. The molecule has 4 nitrogen and oxygen atoms in total. The number of hydrogen-bond acceptors (Lipinski definition) is 3. The summed E-state index contributed by atoms with van der Waals surface area (Å²) in [7, 11) is 1.85. The fourth-order valence-corrected chi connectivity index (χ4v) is 1.96. The molecule has 5 heteroatoms. The fourth-order valence-electron chi connectivity index (χ4n) is 1.96. The van der Waals surface area contributed by atoms with E-state index in [4.69, 9.17) is 10.5 Å². The van der Waals surface area contributed by atoms with Crippen LogP contribution in [0.4, 0.5) is 4.39 Å². The molecule has 0 saturated heterocycles. The molecule has 0 saturated carbocycles. The molecule has 102 valence electrons. The molecule has 2 rings (SSSR count). The Labute approximate surface area is 112 Å². The van der Waals surface area contributed by atoms with Crippen LogP contribution < -0.4 is 10.5 Å². The summed E-state index contributed by atoms with van der Waals surface area (Å²) < 4.78 is 20.7. The molecule has 0 fully saturated rings. The van der Waals surface area contributed by atoms with E-state index in [1.165, 1.54) is 12.1 Å². The first-order valence-electron chi connectivity index (χ1n) is 6.14. The van der Waals surface area contributed by atoms with Gasteiger partial charge in [-0.2, -0.15) is 5.10 Å². The van der Waals surface area contributed by atoms with E-state index in [2.05, 4.69) is 5.10 Å². The van der Waals surface area contributed by atoms with Crippen molar-refractivity contribution in [3.8, 4) is 5.75 Å². The molecule has 1 atom stereocenters. The minimum Gasteiger partial charge on any atom is -0.487 e. The second-order valence-corrected chi connectivity index (χ2v) is 4.66. The highest BCUT2D eigenvalue weighted by Gasteiger charge is 2.11. The van der Waals surface area contributed by atoms with Gasteiger partial charge in [-0.3, -0.25) is 4.68 Å². The average Bonchev–Trinajstić information content (AvgIpc) is 2.65. The molecule has 0 radical (unpaired) electrons. The highest BCUT2D eigenvalue weighted by molar-refractivity contribution is 5.36. The molecule has 1 aromatic heterocycles. The Morgan fingerprint density at radius 1 is 1.42 bits per heavy atom. The summed E-state index contributed by atoms with van der Waals surface area (Å²) in [6, 6.07) is 6.14. The van der Waals surface area contributed by atoms with Gasteiger partial charge in [-0.1, -0.05) is 6.07 Å².